The van der Waals surface area contributed by atoms with Gasteiger partial charge in [-0.15, -0.1) is 0 Å². The summed E-state index contributed by atoms with van der Waals surface area (Å²) in [6.07, 6.45) is 1.25. The molecule has 78 valence electrons. The third-order valence-electron chi connectivity index (χ3n) is 2.14. The van der Waals surface area contributed by atoms with Gasteiger partial charge in [0.2, 0.25) is 0 Å². The summed E-state index contributed by atoms with van der Waals surface area (Å²) >= 11 is 3.47. The lowest BCUT2D eigenvalue weighted by Crippen LogP contribution is -2.10. The molecule has 0 saturated heterocycles. The summed E-state index contributed by atoms with van der Waals surface area (Å²) in [7, 11) is 0. The summed E-state index contributed by atoms with van der Waals surface area (Å²) < 4.78 is 6.68. The first kappa shape index (κ1) is 11.5. The molecule has 1 aromatic carbocycles. The number of nitrogens with two attached hydrogens (primary N) is 1. The SMILES string of the molecule is CCC(C)Oc1ccc(CN)cc1Br. The number of benzene rings is 1. The van der Waals surface area contributed by atoms with Gasteiger partial charge in [-0.3, -0.25) is 0 Å². The second-order valence-electron chi connectivity index (χ2n) is 3.31. The van der Waals surface area contributed by atoms with Crippen molar-refractivity contribution in [1.82, 2.24) is 0 Å². The second kappa shape index (κ2) is 5.37. The molecule has 1 rings (SSSR count). The van der Waals surface area contributed by atoms with Gasteiger partial charge >= 0.3 is 0 Å². The second-order valence-corrected chi connectivity index (χ2v) is 4.16. The van der Waals surface area contributed by atoms with Gasteiger partial charge in [-0.2, -0.15) is 0 Å². The third kappa shape index (κ3) is 3.00. The van der Waals surface area contributed by atoms with Crippen molar-refractivity contribution in [2.45, 2.75) is 32.9 Å². The fourth-order valence-corrected chi connectivity index (χ4v) is 1.59. The number of hydrogen-bond acceptors (Lipinski definition) is 2. The minimum Gasteiger partial charge on any atom is -0.490 e. The summed E-state index contributed by atoms with van der Waals surface area (Å²) in [6, 6.07) is 5.94. The highest BCUT2D eigenvalue weighted by atomic mass is 79.9. The van der Waals surface area contributed by atoms with E-state index in [0.717, 1.165) is 22.2 Å². The summed E-state index contributed by atoms with van der Waals surface area (Å²) in [5.74, 6) is 0.886. The fraction of sp³-hybridized carbons (Fsp3) is 0.455. The molecule has 0 aliphatic heterocycles. The predicted octanol–water partition coefficient (Wildman–Crippen LogP) is 3.09. The highest BCUT2D eigenvalue weighted by Gasteiger charge is 2.05. The molecule has 1 unspecified atom stereocenters. The Labute approximate surface area is 93.6 Å². The number of ether oxygens (including phenoxy) is 1. The van der Waals surface area contributed by atoms with E-state index in [1.807, 2.05) is 18.2 Å². The summed E-state index contributed by atoms with van der Waals surface area (Å²) in [4.78, 5) is 0. The lowest BCUT2D eigenvalue weighted by molar-refractivity contribution is 0.216. The first-order chi connectivity index (χ1) is 6.67. The van der Waals surface area contributed by atoms with E-state index < -0.39 is 0 Å². The van der Waals surface area contributed by atoms with Crippen LogP contribution >= 0.6 is 15.9 Å². The van der Waals surface area contributed by atoms with Crippen molar-refractivity contribution in [3.05, 3.63) is 28.2 Å². The number of rotatable bonds is 4. The molecular weight excluding hydrogens is 242 g/mol. The van der Waals surface area contributed by atoms with Crippen LogP contribution in [0.4, 0.5) is 0 Å². The maximum Gasteiger partial charge on any atom is 0.133 e. The van der Waals surface area contributed by atoms with Gasteiger partial charge in [-0.1, -0.05) is 13.0 Å². The third-order valence-corrected chi connectivity index (χ3v) is 2.75. The molecule has 2 N–H and O–H groups in total. The van der Waals surface area contributed by atoms with Crippen molar-refractivity contribution < 1.29 is 4.74 Å². The van der Waals surface area contributed by atoms with Crippen molar-refractivity contribution in [1.29, 1.82) is 0 Å². The van der Waals surface area contributed by atoms with Crippen molar-refractivity contribution in [2.75, 3.05) is 0 Å². The highest BCUT2D eigenvalue weighted by molar-refractivity contribution is 9.10. The molecule has 0 fully saturated rings. The molecule has 0 aliphatic rings. The van der Waals surface area contributed by atoms with Crippen LogP contribution < -0.4 is 10.5 Å². The average Bonchev–Trinajstić information content (AvgIpc) is 2.20. The lowest BCUT2D eigenvalue weighted by Gasteiger charge is -2.14. The maximum absolute atomic E-state index is 5.71. The van der Waals surface area contributed by atoms with Crippen LogP contribution in [-0.2, 0) is 6.54 Å². The Morgan fingerprint density at radius 1 is 1.50 bits per heavy atom. The molecule has 1 atom stereocenters. The van der Waals surface area contributed by atoms with E-state index in [0.29, 0.717) is 6.54 Å². The topological polar surface area (TPSA) is 35.2 Å². The monoisotopic (exact) mass is 257 g/mol. The van der Waals surface area contributed by atoms with E-state index >= 15 is 0 Å². The van der Waals surface area contributed by atoms with Crippen LogP contribution in [0.2, 0.25) is 0 Å². The van der Waals surface area contributed by atoms with Crippen LogP contribution in [-0.4, -0.2) is 6.10 Å². The fourth-order valence-electron chi connectivity index (χ4n) is 1.07. The summed E-state index contributed by atoms with van der Waals surface area (Å²) in [5.41, 5.74) is 6.64. The van der Waals surface area contributed by atoms with Crippen molar-refractivity contribution in [3.8, 4) is 5.75 Å². The van der Waals surface area contributed by atoms with E-state index in [1.54, 1.807) is 0 Å². The van der Waals surface area contributed by atoms with E-state index in [1.165, 1.54) is 0 Å². The lowest BCUT2D eigenvalue weighted by atomic mass is 10.2. The molecule has 0 bridgehead atoms. The van der Waals surface area contributed by atoms with Crippen LogP contribution in [0.25, 0.3) is 0 Å². The first-order valence-electron chi connectivity index (χ1n) is 4.82. The van der Waals surface area contributed by atoms with Crippen LogP contribution in [0.15, 0.2) is 22.7 Å². The molecule has 0 saturated carbocycles. The summed E-state index contributed by atoms with van der Waals surface area (Å²) in [6.45, 7) is 4.72. The Balaban J connectivity index is 2.78. The van der Waals surface area contributed by atoms with E-state index in [9.17, 15) is 0 Å². The van der Waals surface area contributed by atoms with Crippen LogP contribution in [0.1, 0.15) is 25.8 Å². The van der Waals surface area contributed by atoms with E-state index in [-0.39, 0.29) is 6.10 Å². The minimum atomic E-state index is 0.245. The smallest absolute Gasteiger partial charge is 0.133 e. The molecule has 2 nitrogen and oxygen atoms in total. The van der Waals surface area contributed by atoms with Crippen molar-refractivity contribution in [3.63, 3.8) is 0 Å². The van der Waals surface area contributed by atoms with Crippen molar-refractivity contribution >= 4 is 15.9 Å². The van der Waals surface area contributed by atoms with Gasteiger partial charge in [0.1, 0.15) is 5.75 Å². The highest BCUT2D eigenvalue weighted by Crippen LogP contribution is 2.27. The van der Waals surface area contributed by atoms with Crippen LogP contribution in [0.5, 0.6) is 5.75 Å². The Kier molecular flexibility index (Phi) is 4.42. The quantitative estimate of drug-likeness (QED) is 0.900. The first-order valence-corrected chi connectivity index (χ1v) is 5.61. The Hall–Kier alpha value is -0.540. The molecule has 1 aromatic rings. The largest absolute Gasteiger partial charge is 0.490 e. The molecular formula is C11H16BrNO. The molecule has 0 spiro atoms. The van der Waals surface area contributed by atoms with Gasteiger partial charge < -0.3 is 10.5 Å². The van der Waals surface area contributed by atoms with Gasteiger partial charge in [0.15, 0.2) is 0 Å². The molecule has 0 aliphatic carbocycles. The zero-order chi connectivity index (χ0) is 10.6. The van der Waals surface area contributed by atoms with Gasteiger partial charge in [0, 0.05) is 6.54 Å². The normalized spacial score (nSPS) is 12.6. The Bertz CT molecular complexity index is 301. The van der Waals surface area contributed by atoms with Gasteiger partial charge in [0.05, 0.1) is 10.6 Å². The van der Waals surface area contributed by atoms with Crippen LogP contribution in [0.3, 0.4) is 0 Å². The van der Waals surface area contributed by atoms with Crippen molar-refractivity contribution in [2.24, 2.45) is 5.73 Å². The zero-order valence-corrected chi connectivity index (χ0v) is 10.2. The van der Waals surface area contributed by atoms with Gasteiger partial charge in [0.25, 0.3) is 0 Å². The predicted molar refractivity (Wildman–Crippen MR) is 62.4 cm³/mol. The molecule has 0 heterocycles. The van der Waals surface area contributed by atoms with Gasteiger partial charge in [-0.25, -0.2) is 0 Å². The molecule has 0 radical (unpaired) electrons. The summed E-state index contributed by atoms with van der Waals surface area (Å²) in [5, 5.41) is 0. The maximum atomic E-state index is 5.71. The molecule has 0 aromatic heterocycles. The van der Waals surface area contributed by atoms with E-state index in [4.69, 9.17) is 10.5 Å². The number of halogens is 1. The standard InChI is InChI=1S/C11H16BrNO/c1-3-8(2)14-11-5-4-9(7-13)6-10(11)12/h4-6,8H,3,7,13H2,1-2H3. The molecule has 3 heteroatoms. The zero-order valence-electron chi connectivity index (χ0n) is 8.59. The molecule has 14 heavy (non-hydrogen) atoms. The average molecular weight is 258 g/mol. The van der Waals surface area contributed by atoms with E-state index in [2.05, 4.69) is 29.8 Å². The molecule has 0 amide bonds. The van der Waals surface area contributed by atoms with Crippen LogP contribution in [0, 0.1) is 0 Å². The van der Waals surface area contributed by atoms with Gasteiger partial charge in [-0.05, 0) is 47.0 Å². The number of hydrogen-bond donors (Lipinski definition) is 1. The minimum absolute atomic E-state index is 0.245. The Morgan fingerprint density at radius 2 is 2.21 bits per heavy atom. The Morgan fingerprint density at radius 3 is 2.71 bits per heavy atom.